The van der Waals surface area contributed by atoms with Gasteiger partial charge in [-0.3, -0.25) is 4.79 Å². The Balaban J connectivity index is 2.04. The summed E-state index contributed by atoms with van der Waals surface area (Å²) in [6.45, 7) is 0.217. The second kappa shape index (κ2) is 6.03. The topological polar surface area (TPSA) is 49.8 Å². The van der Waals surface area contributed by atoms with E-state index in [0.717, 1.165) is 22.6 Å². The molecule has 1 N–H and O–H groups in total. The van der Waals surface area contributed by atoms with Crippen molar-refractivity contribution in [2.24, 2.45) is 0 Å². The van der Waals surface area contributed by atoms with E-state index in [2.05, 4.69) is 0 Å². The third kappa shape index (κ3) is 2.49. The van der Waals surface area contributed by atoms with Gasteiger partial charge in [-0.05, 0) is 29.8 Å². The highest BCUT2D eigenvalue weighted by Crippen LogP contribution is 2.33. The summed E-state index contributed by atoms with van der Waals surface area (Å²) in [6, 6.07) is 15.1. The molecule has 0 saturated heterocycles. The van der Waals surface area contributed by atoms with Crippen LogP contribution in [0.5, 0.6) is 5.75 Å². The van der Waals surface area contributed by atoms with Crippen molar-refractivity contribution < 1.29 is 14.6 Å². The maximum Gasteiger partial charge on any atom is 0.259 e. The molecule has 0 bridgehead atoms. The van der Waals surface area contributed by atoms with Gasteiger partial charge >= 0.3 is 0 Å². The first-order valence-corrected chi connectivity index (χ1v) is 7.12. The van der Waals surface area contributed by atoms with E-state index < -0.39 is 0 Å². The number of nitrogens with zero attached hydrogens (tertiary/aromatic N) is 1. The van der Waals surface area contributed by atoms with Crippen LogP contribution in [0.4, 0.5) is 0 Å². The first kappa shape index (κ1) is 14.4. The highest BCUT2D eigenvalue weighted by atomic mass is 16.5. The first-order valence-electron chi connectivity index (χ1n) is 7.12. The van der Waals surface area contributed by atoms with Gasteiger partial charge in [0.25, 0.3) is 5.91 Å². The average Bonchev–Trinajstić information content (AvgIpc) is 2.82. The molecule has 1 heterocycles. The molecule has 0 spiro atoms. The van der Waals surface area contributed by atoms with Crippen molar-refractivity contribution in [1.82, 2.24) is 4.90 Å². The van der Waals surface area contributed by atoms with Crippen LogP contribution in [0.2, 0.25) is 0 Å². The van der Waals surface area contributed by atoms with Gasteiger partial charge < -0.3 is 14.7 Å². The minimum Gasteiger partial charge on any atom is -0.497 e. The SMILES string of the molecule is COc1ccc(C=C2c3ccccc3C(=O)N2CCO)cc1. The third-order valence-corrected chi connectivity index (χ3v) is 3.71. The van der Waals surface area contributed by atoms with Crippen LogP contribution in [0.15, 0.2) is 48.5 Å². The summed E-state index contributed by atoms with van der Waals surface area (Å²) in [5.74, 6) is 0.724. The van der Waals surface area contributed by atoms with Crippen molar-refractivity contribution in [3.05, 3.63) is 65.2 Å². The Hall–Kier alpha value is -2.59. The standard InChI is InChI=1S/C18H17NO3/c1-22-14-8-6-13(7-9-14)12-17-15-4-2-3-5-16(15)18(21)19(17)10-11-20/h2-9,12,20H,10-11H2,1H3. The van der Waals surface area contributed by atoms with E-state index in [-0.39, 0.29) is 19.1 Å². The van der Waals surface area contributed by atoms with Crippen LogP contribution in [-0.2, 0) is 0 Å². The molecular weight excluding hydrogens is 278 g/mol. The predicted molar refractivity (Wildman–Crippen MR) is 85.4 cm³/mol. The summed E-state index contributed by atoms with van der Waals surface area (Å²) in [7, 11) is 1.63. The van der Waals surface area contributed by atoms with E-state index in [1.807, 2.05) is 54.6 Å². The maximum absolute atomic E-state index is 12.4. The lowest BCUT2D eigenvalue weighted by molar-refractivity contribution is 0.0829. The normalized spacial score (nSPS) is 15.3. The zero-order chi connectivity index (χ0) is 15.5. The molecule has 2 aromatic rings. The molecule has 0 saturated carbocycles. The van der Waals surface area contributed by atoms with Crippen LogP contribution in [0.1, 0.15) is 21.5 Å². The summed E-state index contributed by atoms with van der Waals surface area (Å²) in [5.41, 5.74) is 3.37. The molecule has 3 rings (SSSR count). The Morgan fingerprint density at radius 2 is 1.77 bits per heavy atom. The number of aliphatic hydroxyl groups is 1. The van der Waals surface area contributed by atoms with Gasteiger partial charge in [0.1, 0.15) is 5.75 Å². The van der Waals surface area contributed by atoms with Crippen LogP contribution in [0.25, 0.3) is 11.8 Å². The number of aliphatic hydroxyl groups excluding tert-OH is 1. The molecule has 112 valence electrons. The molecule has 1 amide bonds. The van der Waals surface area contributed by atoms with Gasteiger partial charge in [0, 0.05) is 17.7 Å². The minimum absolute atomic E-state index is 0.0654. The first-order chi connectivity index (χ1) is 10.7. The largest absolute Gasteiger partial charge is 0.497 e. The summed E-state index contributed by atoms with van der Waals surface area (Å²) in [6.07, 6.45) is 1.96. The number of β-amino-alcohol motifs (C(OH)–C–C–N with tert-alkyl or cyclic N) is 1. The van der Waals surface area contributed by atoms with Gasteiger partial charge in [-0.15, -0.1) is 0 Å². The van der Waals surface area contributed by atoms with E-state index >= 15 is 0 Å². The predicted octanol–water partition coefficient (Wildman–Crippen LogP) is 2.64. The van der Waals surface area contributed by atoms with Crippen LogP contribution < -0.4 is 4.74 Å². The van der Waals surface area contributed by atoms with E-state index in [1.165, 1.54) is 0 Å². The molecule has 0 aromatic heterocycles. The second-order valence-electron chi connectivity index (χ2n) is 5.03. The Bertz CT molecular complexity index is 719. The number of hydrogen-bond acceptors (Lipinski definition) is 3. The smallest absolute Gasteiger partial charge is 0.259 e. The molecule has 4 nitrogen and oxygen atoms in total. The molecule has 1 aliphatic heterocycles. The van der Waals surface area contributed by atoms with Crippen molar-refractivity contribution in [3.8, 4) is 5.75 Å². The zero-order valence-corrected chi connectivity index (χ0v) is 12.3. The summed E-state index contributed by atoms with van der Waals surface area (Å²) < 4.78 is 5.15. The molecule has 0 aliphatic carbocycles. The maximum atomic E-state index is 12.4. The molecule has 0 atom stereocenters. The van der Waals surface area contributed by atoms with Gasteiger partial charge in [-0.1, -0.05) is 30.3 Å². The van der Waals surface area contributed by atoms with Crippen LogP contribution in [0.3, 0.4) is 0 Å². The second-order valence-corrected chi connectivity index (χ2v) is 5.03. The Labute approximate surface area is 129 Å². The number of ether oxygens (including phenoxy) is 1. The fourth-order valence-electron chi connectivity index (χ4n) is 2.63. The lowest BCUT2D eigenvalue weighted by Gasteiger charge is -2.17. The lowest BCUT2D eigenvalue weighted by Crippen LogP contribution is -2.26. The number of amides is 1. The molecule has 4 heteroatoms. The minimum atomic E-state index is -0.0698. The van der Waals surface area contributed by atoms with Crippen molar-refractivity contribution in [3.63, 3.8) is 0 Å². The lowest BCUT2D eigenvalue weighted by atomic mass is 10.1. The third-order valence-electron chi connectivity index (χ3n) is 3.71. The number of hydrogen-bond donors (Lipinski definition) is 1. The number of fused-ring (bicyclic) bond motifs is 1. The molecule has 0 unspecified atom stereocenters. The van der Waals surface area contributed by atoms with Crippen molar-refractivity contribution in [2.45, 2.75) is 0 Å². The molecule has 2 aromatic carbocycles. The monoisotopic (exact) mass is 295 g/mol. The molecular formula is C18H17NO3. The summed E-state index contributed by atoms with van der Waals surface area (Å²) in [5, 5.41) is 9.24. The fourth-order valence-corrected chi connectivity index (χ4v) is 2.63. The summed E-state index contributed by atoms with van der Waals surface area (Å²) in [4.78, 5) is 14.1. The Kier molecular flexibility index (Phi) is 3.94. The van der Waals surface area contributed by atoms with Crippen molar-refractivity contribution in [1.29, 1.82) is 0 Å². The van der Waals surface area contributed by atoms with Gasteiger partial charge in [-0.25, -0.2) is 0 Å². The average molecular weight is 295 g/mol. The van der Waals surface area contributed by atoms with E-state index in [4.69, 9.17) is 4.74 Å². The van der Waals surface area contributed by atoms with Crippen LogP contribution >= 0.6 is 0 Å². The summed E-state index contributed by atoms with van der Waals surface area (Å²) >= 11 is 0. The quantitative estimate of drug-likeness (QED) is 0.943. The number of carbonyl (C=O) groups is 1. The number of carbonyl (C=O) groups excluding carboxylic acids is 1. The zero-order valence-electron chi connectivity index (χ0n) is 12.3. The number of methoxy groups -OCH3 is 1. The highest BCUT2D eigenvalue weighted by molar-refractivity contribution is 6.11. The molecule has 22 heavy (non-hydrogen) atoms. The highest BCUT2D eigenvalue weighted by Gasteiger charge is 2.31. The van der Waals surface area contributed by atoms with Crippen LogP contribution in [0, 0.1) is 0 Å². The van der Waals surface area contributed by atoms with Crippen molar-refractivity contribution in [2.75, 3.05) is 20.3 Å². The van der Waals surface area contributed by atoms with Gasteiger partial charge in [0.2, 0.25) is 0 Å². The van der Waals surface area contributed by atoms with E-state index in [9.17, 15) is 9.90 Å². The molecule has 1 aliphatic rings. The van der Waals surface area contributed by atoms with Gasteiger partial charge in [-0.2, -0.15) is 0 Å². The Morgan fingerprint density at radius 3 is 2.41 bits per heavy atom. The fraction of sp³-hybridized carbons (Fsp3) is 0.167. The van der Waals surface area contributed by atoms with Gasteiger partial charge in [0.15, 0.2) is 0 Å². The number of benzene rings is 2. The number of rotatable bonds is 4. The van der Waals surface area contributed by atoms with Crippen molar-refractivity contribution >= 4 is 17.7 Å². The van der Waals surface area contributed by atoms with E-state index in [0.29, 0.717) is 5.56 Å². The molecule has 0 fully saturated rings. The van der Waals surface area contributed by atoms with Crippen LogP contribution in [-0.4, -0.2) is 36.2 Å². The Morgan fingerprint density at radius 1 is 1.09 bits per heavy atom. The van der Waals surface area contributed by atoms with Gasteiger partial charge in [0.05, 0.1) is 19.4 Å². The molecule has 0 radical (unpaired) electrons. The van der Waals surface area contributed by atoms with E-state index in [1.54, 1.807) is 12.0 Å².